The predicted octanol–water partition coefficient (Wildman–Crippen LogP) is 1.24. The Morgan fingerprint density at radius 3 is 2.68 bits per heavy atom. The number of nitrogens with zero attached hydrogens (tertiary/aromatic N) is 1. The number of likely N-dealkylation sites (tertiary alicyclic amines) is 1. The fourth-order valence-corrected chi connectivity index (χ4v) is 2.19. The van der Waals surface area contributed by atoms with Gasteiger partial charge in [0.1, 0.15) is 19.0 Å². The van der Waals surface area contributed by atoms with Crippen LogP contribution in [0.15, 0.2) is 30.3 Å². The zero-order chi connectivity index (χ0) is 13.7. The molecule has 104 valence electrons. The standard InChI is InChI=1S/C14H19NO4/c1-14(19-9-13(16)17)10-15(11-14)7-8-18-12-5-3-2-4-6-12/h2-6H,7-11H2,1H3,(H,16,17). The van der Waals surface area contributed by atoms with Crippen LogP contribution < -0.4 is 4.74 Å². The van der Waals surface area contributed by atoms with Crippen molar-refractivity contribution in [2.24, 2.45) is 0 Å². The summed E-state index contributed by atoms with van der Waals surface area (Å²) in [7, 11) is 0. The van der Waals surface area contributed by atoms with E-state index in [0.717, 1.165) is 25.4 Å². The number of benzene rings is 1. The van der Waals surface area contributed by atoms with Crippen molar-refractivity contribution in [2.75, 3.05) is 32.8 Å². The Bertz CT molecular complexity index is 415. The van der Waals surface area contributed by atoms with E-state index in [-0.39, 0.29) is 12.2 Å². The molecule has 0 atom stereocenters. The second-order valence-corrected chi connectivity index (χ2v) is 5.00. The SMILES string of the molecule is CC1(OCC(=O)O)CN(CCOc2ccccc2)C1. The molecule has 1 fully saturated rings. The molecule has 1 aliphatic heterocycles. The molecular weight excluding hydrogens is 246 g/mol. The maximum absolute atomic E-state index is 10.4. The van der Waals surface area contributed by atoms with Gasteiger partial charge in [0.2, 0.25) is 0 Å². The molecule has 0 radical (unpaired) electrons. The highest BCUT2D eigenvalue weighted by Crippen LogP contribution is 2.24. The number of rotatable bonds is 7. The normalized spacial score (nSPS) is 17.7. The fourth-order valence-electron chi connectivity index (χ4n) is 2.19. The Morgan fingerprint density at radius 1 is 1.37 bits per heavy atom. The molecule has 1 N–H and O–H groups in total. The smallest absolute Gasteiger partial charge is 0.329 e. The third-order valence-electron chi connectivity index (χ3n) is 3.08. The van der Waals surface area contributed by atoms with Gasteiger partial charge in [0.25, 0.3) is 0 Å². The largest absolute Gasteiger partial charge is 0.492 e. The lowest BCUT2D eigenvalue weighted by Gasteiger charge is -2.47. The quantitative estimate of drug-likeness (QED) is 0.804. The number of hydrogen-bond donors (Lipinski definition) is 1. The highest BCUT2D eigenvalue weighted by atomic mass is 16.5. The van der Waals surface area contributed by atoms with E-state index in [0.29, 0.717) is 6.61 Å². The molecule has 19 heavy (non-hydrogen) atoms. The maximum Gasteiger partial charge on any atom is 0.329 e. The van der Waals surface area contributed by atoms with Gasteiger partial charge in [-0.25, -0.2) is 4.79 Å². The number of aliphatic carboxylic acids is 1. The van der Waals surface area contributed by atoms with Gasteiger partial charge in [-0.1, -0.05) is 18.2 Å². The monoisotopic (exact) mass is 265 g/mol. The molecule has 0 aromatic heterocycles. The summed E-state index contributed by atoms with van der Waals surface area (Å²) in [5.41, 5.74) is -0.328. The van der Waals surface area contributed by atoms with Gasteiger partial charge >= 0.3 is 5.97 Å². The summed E-state index contributed by atoms with van der Waals surface area (Å²) < 4.78 is 10.9. The Kier molecular flexibility index (Phi) is 4.39. The average Bonchev–Trinajstić information content (AvgIpc) is 2.35. The van der Waals surface area contributed by atoms with Crippen LogP contribution in [-0.4, -0.2) is 54.4 Å². The van der Waals surface area contributed by atoms with Crippen LogP contribution in [0.25, 0.3) is 0 Å². The first-order chi connectivity index (χ1) is 9.07. The third-order valence-corrected chi connectivity index (χ3v) is 3.08. The summed E-state index contributed by atoms with van der Waals surface area (Å²) in [5.74, 6) is -0.0556. The van der Waals surface area contributed by atoms with Crippen LogP contribution in [0.4, 0.5) is 0 Å². The molecule has 5 heteroatoms. The van der Waals surface area contributed by atoms with Crippen LogP contribution in [0.5, 0.6) is 5.75 Å². The van der Waals surface area contributed by atoms with E-state index in [4.69, 9.17) is 14.6 Å². The number of hydrogen-bond acceptors (Lipinski definition) is 4. The van der Waals surface area contributed by atoms with Gasteiger partial charge in [-0.05, 0) is 19.1 Å². The molecular formula is C14H19NO4. The maximum atomic E-state index is 10.4. The Balaban J connectivity index is 1.61. The molecule has 5 nitrogen and oxygen atoms in total. The Labute approximate surface area is 112 Å². The lowest BCUT2D eigenvalue weighted by Crippen LogP contribution is -2.62. The van der Waals surface area contributed by atoms with Crippen molar-refractivity contribution in [3.05, 3.63) is 30.3 Å². The molecule has 1 aliphatic rings. The van der Waals surface area contributed by atoms with E-state index in [1.165, 1.54) is 0 Å². The van der Waals surface area contributed by atoms with Gasteiger partial charge in [-0.2, -0.15) is 0 Å². The van der Waals surface area contributed by atoms with Crippen LogP contribution in [0.2, 0.25) is 0 Å². The number of carboxylic acid groups (broad SMARTS) is 1. The zero-order valence-corrected chi connectivity index (χ0v) is 11.0. The minimum absolute atomic E-state index is 0.231. The first-order valence-electron chi connectivity index (χ1n) is 6.33. The van der Waals surface area contributed by atoms with Gasteiger partial charge in [0, 0.05) is 19.6 Å². The number of carbonyl (C=O) groups is 1. The molecule has 1 saturated heterocycles. The fraction of sp³-hybridized carbons (Fsp3) is 0.500. The molecule has 0 aliphatic carbocycles. The van der Waals surface area contributed by atoms with E-state index < -0.39 is 5.97 Å². The summed E-state index contributed by atoms with van der Waals surface area (Å²) in [6.45, 7) is 4.64. The first-order valence-corrected chi connectivity index (χ1v) is 6.33. The number of ether oxygens (including phenoxy) is 2. The van der Waals surface area contributed by atoms with Crippen molar-refractivity contribution < 1.29 is 19.4 Å². The number of para-hydroxylation sites is 1. The first kappa shape index (κ1) is 13.8. The second kappa shape index (κ2) is 6.04. The van der Waals surface area contributed by atoms with Crippen molar-refractivity contribution >= 4 is 5.97 Å². The molecule has 0 amide bonds. The van der Waals surface area contributed by atoms with Crippen molar-refractivity contribution in [3.63, 3.8) is 0 Å². The highest BCUT2D eigenvalue weighted by Gasteiger charge is 2.39. The lowest BCUT2D eigenvalue weighted by atomic mass is 9.96. The summed E-state index contributed by atoms with van der Waals surface area (Å²) in [5, 5.41) is 8.57. The Hall–Kier alpha value is -1.59. The lowest BCUT2D eigenvalue weighted by molar-refractivity contribution is -0.165. The van der Waals surface area contributed by atoms with Gasteiger partial charge in [-0.15, -0.1) is 0 Å². The van der Waals surface area contributed by atoms with E-state index in [1.54, 1.807) is 0 Å². The van der Waals surface area contributed by atoms with E-state index in [2.05, 4.69) is 4.90 Å². The van der Waals surface area contributed by atoms with Crippen LogP contribution in [-0.2, 0) is 9.53 Å². The molecule has 1 heterocycles. The van der Waals surface area contributed by atoms with Gasteiger partial charge < -0.3 is 14.6 Å². The summed E-state index contributed by atoms with van der Waals surface area (Å²) in [6, 6.07) is 9.69. The molecule has 2 rings (SSSR count). The Morgan fingerprint density at radius 2 is 2.05 bits per heavy atom. The van der Waals surface area contributed by atoms with E-state index in [1.807, 2.05) is 37.3 Å². The average molecular weight is 265 g/mol. The van der Waals surface area contributed by atoms with Crippen molar-refractivity contribution in [2.45, 2.75) is 12.5 Å². The second-order valence-electron chi connectivity index (χ2n) is 5.00. The van der Waals surface area contributed by atoms with Crippen molar-refractivity contribution in [1.29, 1.82) is 0 Å². The molecule has 0 saturated carbocycles. The van der Waals surface area contributed by atoms with Crippen LogP contribution in [0, 0.1) is 0 Å². The van der Waals surface area contributed by atoms with E-state index in [9.17, 15) is 4.79 Å². The van der Waals surface area contributed by atoms with Crippen LogP contribution in [0.1, 0.15) is 6.92 Å². The van der Waals surface area contributed by atoms with Crippen LogP contribution in [0.3, 0.4) is 0 Å². The predicted molar refractivity (Wildman–Crippen MR) is 70.4 cm³/mol. The molecule has 0 bridgehead atoms. The minimum atomic E-state index is -0.924. The van der Waals surface area contributed by atoms with Crippen molar-refractivity contribution in [3.8, 4) is 5.75 Å². The highest BCUT2D eigenvalue weighted by molar-refractivity contribution is 5.68. The van der Waals surface area contributed by atoms with Gasteiger partial charge in [-0.3, -0.25) is 4.90 Å². The zero-order valence-electron chi connectivity index (χ0n) is 11.0. The van der Waals surface area contributed by atoms with Gasteiger partial charge in [0.05, 0.1) is 5.60 Å². The molecule has 1 aromatic rings. The minimum Gasteiger partial charge on any atom is -0.492 e. The summed E-state index contributed by atoms with van der Waals surface area (Å²) in [4.78, 5) is 12.6. The summed E-state index contributed by atoms with van der Waals surface area (Å²) in [6.07, 6.45) is 0. The molecule has 0 spiro atoms. The molecule has 1 aromatic carbocycles. The van der Waals surface area contributed by atoms with E-state index >= 15 is 0 Å². The summed E-state index contributed by atoms with van der Waals surface area (Å²) >= 11 is 0. The van der Waals surface area contributed by atoms with Gasteiger partial charge in [0.15, 0.2) is 0 Å². The van der Waals surface area contributed by atoms with Crippen LogP contribution >= 0.6 is 0 Å². The number of carboxylic acids is 1. The topological polar surface area (TPSA) is 59.0 Å². The molecule has 0 unspecified atom stereocenters. The van der Waals surface area contributed by atoms with Crippen molar-refractivity contribution in [1.82, 2.24) is 4.90 Å². The third kappa shape index (κ3) is 4.22.